The van der Waals surface area contributed by atoms with Crippen molar-refractivity contribution < 1.29 is 5.11 Å². The molecule has 0 saturated carbocycles. The van der Waals surface area contributed by atoms with E-state index in [4.69, 9.17) is 5.11 Å². The highest BCUT2D eigenvalue weighted by molar-refractivity contribution is 5.75. The van der Waals surface area contributed by atoms with Gasteiger partial charge < -0.3 is 10.1 Å². The van der Waals surface area contributed by atoms with Gasteiger partial charge in [0.25, 0.3) is 0 Å². The van der Waals surface area contributed by atoms with Crippen molar-refractivity contribution >= 4 is 11.0 Å². The molecule has 0 radical (unpaired) electrons. The number of pyridine rings is 1. The van der Waals surface area contributed by atoms with E-state index in [9.17, 15) is 0 Å². The maximum absolute atomic E-state index is 8.70. The van der Waals surface area contributed by atoms with Crippen LogP contribution in [0.4, 0.5) is 0 Å². The van der Waals surface area contributed by atoms with E-state index in [0.717, 1.165) is 16.7 Å². The first kappa shape index (κ1) is 7.31. The maximum Gasteiger partial charge on any atom is 0.0881 e. The summed E-state index contributed by atoms with van der Waals surface area (Å²) in [4.78, 5) is 7.35. The van der Waals surface area contributed by atoms with Gasteiger partial charge in [0.1, 0.15) is 0 Å². The number of aliphatic hydroxyl groups excluding tert-OH is 1. The molecule has 0 spiro atoms. The molecule has 62 valence electrons. The van der Waals surface area contributed by atoms with Gasteiger partial charge in [-0.2, -0.15) is 0 Å². The first-order chi connectivity index (χ1) is 5.90. The summed E-state index contributed by atoms with van der Waals surface area (Å²) in [6, 6.07) is 5.83. The lowest BCUT2D eigenvalue weighted by Gasteiger charge is -1.88. The maximum atomic E-state index is 8.70. The fourth-order valence-electron chi connectivity index (χ4n) is 1.27. The second-order valence-electron chi connectivity index (χ2n) is 2.70. The van der Waals surface area contributed by atoms with E-state index in [1.54, 1.807) is 6.20 Å². The zero-order chi connectivity index (χ0) is 8.39. The Morgan fingerprint density at radius 3 is 3.17 bits per heavy atom. The van der Waals surface area contributed by atoms with Crippen molar-refractivity contribution in [2.75, 3.05) is 6.61 Å². The Hall–Kier alpha value is -1.35. The first-order valence-electron chi connectivity index (χ1n) is 3.93. The molecule has 2 rings (SSSR count). The third-order valence-corrected chi connectivity index (χ3v) is 1.83. The molecule has 0 saturated heterocycles. The summed E-state index contributed by atoms with van der Waals surface area (Å²) < 4.78 is 0. The molecular formula is C9H10N2O. The number of fused-ring (bicyclic) bond motifs is 1. The van der Waals surface area contributed by atoms with Crippen molar-refractivity contribution in [3.63, 3.8) is 0 Å². The van der Waals surface area contributed by atoms with Gasteiger partial charge in [0.2, 0.25) is 0 Å². The number of nitrogens with zero attached hydrogens (tertiary/aromatic N) is 1. The predicted molar refractivity (Wildman–Crippen MR) is 46.9 cm³/mol. The third kappa shape index (κ3) is 1.19. The van der Waals surface area contributed by atoms with Gasteiger partial charge in [0.15, 0.2) is 0 Å². The molecule has 2 N–H and O–H groups in total. The minimum Gasteiger partial charge on any atom is -0.396 e. The van der Waals surface area contributed by atoms with E-state index < -0.39 is 0 Å². The average molecular weight is 162 g/mol. The van der Waals surface area contributed by atoms with Crippen molar-refractivity contribution in [2.24, 2.45) is 0 Å². The van der Waals surface area contributed by atoms with Gasteiger partial charge in [-0.1, -0.05) is 0 Å². The van der Waals surface area contributed by atoms with E-state index in [2.05, 4.69) is 9.97 Å². The summed E-state index contributed by atoms with van der Waals surface area (Å²) in [6.07, 6.45) is 2.43. The molecule has 0 aliphatic heterocycles. The fraction of sp³-hybridized carbons (Fsp3) is 0.222. The van der Waals surface area contributed by atoms with Crippen molar-refractivity contribution in [3.05, 3.63) is 30.1 Å². The summed E-state index contributed by atoms with van der Waals surface area (Å²) in [5.74, 6) is 0. The Balaban J connectivity index is 2.47. The number of rotatable bonds is 2. The summed E-state index contributed by atoms with van der Waals surface area (Å²) in [5.41, 5.74) is 3.02. The molecule has 0 atom stereocenters. The van der Waals surface area contributed by atoms with Crippen LogP contribution in [0.2, 0.25) is 0 Å². The highest BCUT2D eigenvalue weighted by Crippen LogP contribution is 2.11. The highest BCUT2D eigenvalue weighted by atomic mass is 16.3. The van der Waals surface area contributed by atoms with Crippen molar-refractivity contribution in [2.45, 2.75) is 6.42 Å². The normalized spacial score (nSPS) is 10.8. The van der Waals surface area contributed by atoms with Crippen LogP contribution in [0.3, 0.4) is 0 Å². The Kier molecular flexibility index (Phi) is 1.80. The van der Waals surface area contributed by atoms with Crippen molar-refractivity contribution in [1.82, 2.24) is 9.97 Å². The third-order valence-electron chi connectivity index (χ3n) is 1.83. The Bertz CT molecular complexity index is 348. The topological polar surface area (TPSA) is 48.9 Å². The molecular weight excluding hydrogens is 152 g/mol. The molecule has 0 fully saturated rings. The van der Waals surface area contributed by atoms with Gasteiger partial charge in [-0.15, -0.1) is 0 Å². The standard InChI is InChI=1S/C9H10N2O/c12-5-3-7-6-9-8(11-7)2-1-4-10-9/h1-2,4,6,11-12H,3,5H2. The van der Waals surface area contributed by atoms with Gasteiger partial charge in [0.05, 0.1) is 11.0 Å². The fourth-order valence-corrected chi connectivity index (χ4v) is 1.27. The van der Waals surface area contributed by atoms with Crippen LogP contribution in [0.5, 0.6) is 0 Å². The average Bonchev–Trinajstić information content (AvgIpc) is 2.47. The molecule has 3 nitrogen and oxygen atoms in total. The summed E-state index contributed by atoms with van der Waals surface area (Å²) in [6.45, 7) is 0.173. The van der Waals surface area contributed by atoms with Gasteiger partial charge in [-0.05, 0) is 18.2 Å². The van der Waals surface area contributed by atoms with Crippen molar-refractivity contribution in [1.29, 1.82) is 0 Å². The minimum absolute atomic E-state index is 0.173. The largest absolute Gasteiger partial charge is 0.396 e. The molecule has 0 aliphatic carbocycles. The minimum atomic E-state index is 0.173. The quantitative estimate of drug-likeness (QED) is 0.694. The Morgan fingerprint density at radius 2 is 2.42 bits per heavy atom. The lowest BCUT2D eigenvalue weighted by atomic mass is 10.3. The number of aromatic amines is 1. The van der Waals surface area contributed by atoms with E-state index >= 15 is 0 Å². The van der Waals surface area contributed by atoms with E-state index in [-0.39, 0.29) is 6.61 Å². The smallest absolute Gasteiger partial charge is 0.0881 e. The Labute approximate surface area is 70.1 Å². The molecule has 0 aliphatic rings. The van der Waals surface area contributed by atoms with Crippen LogP contribution in [0.15, 0.2) is 24.4 Å². The van der Waals surface area contributed by atoms with Crippen LogP contribution in [0, 0.1) is 0 Å². The van der Waals surface area contributed by atoms with Gasteiger partial charge in [0, 0.05) is 24.9 Å². The Morgan fingerprint density at radius 1 is 1.50 bits per heavy atom. The monoisotopic (exact) mass is 162 g/mol. The zero-order valence-corrected chi connectivity index (χ0v) is 6.62. The number of aromatic nitrogens is 2. The number of nitrogens with one attached hydrogen (secondary N) is 1. The summed E-state index contributed by atoms with van der Waals surface area (Å²) in [5, 5.41) is 8.70. The molecule has 3 heteroatoms. The molecule has 0 bridgehead atoms. The first-order valence-corrected chi connectivity index (χ1v) is 3.93. The molecule has 2 aromatic rings. The molecule has 2 heterocycles. The highest BCUT2D eigenvalue weighted by Gasteiger charge is 1.98. The number of H-pyrrole nitrogens is 1. The van der Waals surface area contributed by atoms with Gasteiger partial charge in [-0.3, -0.25) is 4.98 Å². The van der Waals surface area contributed by atoms with Crippen LogP contribution in [-0.2, 0) is 6.42 Å². The van der Waals surface area contributed by atoms with Crippen LogP contribution < -0.4 is 0 Å². The van der Waals surface area contributed by atoms with Crippen LogP contribution >= 0.6 is 0 Å². The van der Waals surface area contributed by atoms with Crippen LogP contribution in [-0.4, -0.2) is 21.7 Å². The number of hydrogen-bond donors (Lipinski definition) is 2. The number of hydrogen-bond acceptors (Lipinski definition) is 2. The zero-order valence-electron chi connectivity index (χ0n) is 6.62. The van der Waals surface area contributed by atoms with E-state index in [0.29, 0.717) is 6.42 Å². The van der Waals surface area contributed by atoms with Crippen LogP contribution in [0.25, 0.3) is 11.0 Å². The van der Waals surface area contributed by atoms with Gasteiger partial charge in [-0.25, -0.2) is 0 Å². The second-order valence-corrected chi connectivity index (χ2v) is 2.70. The SMILES string of the molecule is OCCc1cc2ncccc2[nH]1. The molecule has 0 unspecified atom stereocenters. The molecule has 0 amide bonds. The lowest BCUT2D eigenvalue weighted by Crippen LogP contribution is -1.88. The summed E-state index contributed by atoms with van der Waals surface area (Å²) in [7, 11) is 0. The van der Waals surface area contributed by atoms with Gasteiger partial charge >= 0.3 is 0 Å². The molecule has 2 aromatic heterocycles. The predicted octanol–water partition coefficient (Wildman–Crippen LogP) is 1.10. The lowest BCUT2D eigenvalue weighted by molar-refractivity contribution is 0.298. The van der Waals surface area contributed by atoms with Crippen LogP contribution in [0.1, 0.15) is 5.69 Å². The van der Waals surface area contributed by atoms with E-state index in [1.165, 1.54) is 0 Å². The van der Waals surface area contributed by atoms with Crippen molar-refractivity contribution in [3.8, 4) is 0 Å². The molecule has 0 aromatic carbocycles. The summed E-state index contributed by atoms with van der Waals surface area (Å²) >= 11 is 0. The molecule has 12 heavy (non-hydrogen) atoms. The second kappa shape index (κ2) is 2.95. The number of aliphatic hydroxyl groups is 1. The van der Waals surface area contributed by atoms with E-state index in [1.807, 2.05) is 18.2 Å².